The van der Waals surface area contributed by atoms with Gasteiger partial charge in [0, 0.05) is 16.4 Å². The molecule has 62 heavy (non-hydrogen) atoms. The Bertz CT molecular complexity index is 2610. The Hall–Kier alpha value is -7.45. The van der Waals surface area contributed by atoms with Crippen molar-refractivity contribution in [2.24, 2.45) is 0 Å². The topological polar surface area (TPSA) is 51.2 Å². The number of hydrogen-bond donors (Lipinski definition) is 0. The summed E-state index contributed by atoms with van der Waals surface area (Å²) in [7, 11) is -4.72. The SMILES string of the molecule is O=C(c1ccccc1C(c1ccccc1)(c1ccccc1)c1ccccc1)P(=O)(C(=O)c1ccccc1C(c1ccccc1)(c1ccccc1)c1ccccc1)c1ccccc1. The van der Waals surface area contributed by atoms with Gasteiger partial charge in [0.1, 0.15) is 0 Å². The van der Waals surface area contributed by atoms with Gasteiger partial charge in [-0.25, -0.2) is 0 Å². The minimum atomic E-state index is -4.72. The first-order chi connectivity index (χ1) is 30.5. The number of rotatable bonds is 13. The van der Waals surface area contributed by atoms with Crippen molar-refractivity contribution in [2.45, 2.75) is 10.8 Å². The number of carbonyl (C=O) groups excluding carboxylic acids is 2. The van der Waals surface area contributed by atoms with Crippen LogP contribution in [0, 0.1) is 0 Å². The second kappa shape index (κ2) is 17.3. The predicted molar refractivity (Wildman–Crippen MR) is 252 cm³/mol. The number of benzene rings is 9. The van der Waals surface area contributed by atoms with Gasteiger partial charge in [-0.1, -0.05) is 261 Å². The lowest BCUT2D eigenvalue weighted by Crippen LogP contribution is -2.34. The van der Waals surface area contributed by atoms with E-state index in [9.17, 15) is 0 Å². The largest absolute Gasteiger partial charge is 0.302 e. The molecule has 0 unspecified atom stereocenters. The van der Waals surface area contributed by atoms with Gasteiger partial charge in [-0.3, -0.25) is 9.59 Å². The monoisotopic (exact) mass is 818 g/mol. The highest BCUT2D eigenvalue weighted by Crippen LogP contribution is 2.56. The van der Waals surface area contributed by atoms with Crippen LogP contribution in [-0.4, -0.2) is 11.0 Å². The maximum Gasteiger partial charge on any atom is 0.248 e. The highest BCUT2D eigenvalue weighted by molar-refractivity contribution is 8.01. The van der Waals surface area contributed by atoms with Crippen LogP contribution in [0.5, 0.6) is 0 Å². The van der Waals surface area contributed by atoms with Crippen LogP contribution in [0.4, 0.5) is 0 Å². The summed E-state index contributed by atoms with van der Waals surface area (Å²) in [5.41, 5.74) is 3.65. The normalized spacial score (nSPS) is 11.7. The first-order valence-corrected chi connectivity index (χ1v) is 22.5. The molecule has 0 fully saturated rings. The van der Waals surface area contributed by atoms with Crippen molar-refractivity contribution in [1.29, 1.82) is 0 Å². The van der Waals surface area contributed by atoms with Gasteiger partial charge < -0.3 is 4.57 Å². The van der Waals surface area contributed by atoms with E-state index in [-0.39, 0.29) is 16.4 Å². The Labute approximate surface area is 363 Å². The first kappa shape index (κ1) is 40.0. The summed E-state index contributed by atoms with van der Waals surface area (Å²) in [5, 5.41) is 0.175. The Balaban J connectivity index is 1.33. The molecular formula is C58H43O3P. The fourth-order valence-corrected chi connectivity index (χ4v) is 11.7. The third kappa shape index (κ3) is 6.68. The molecule has 298 valence electrons. The van der Waals surface area contributed by atoms with Crippen LogP contribution in [0.1, 0.15) is 65.2 Å². The summed E-state index contributed by atoms with van der Waals surface area (Å²) in [4.78, 5) is 32.3. The highest BCUT2D eigenvalue weighted by Gasteiger charge is 2.49. The van der Waals surface area contributed by atoms with E-state index < -0.39 is 29.0 Å². The van der Waals surface area contributed by atoms with E-state index in [0.29, 0.717) is 11.1 Å². The average molecular weight is 819 g/mol. The van der Waals surface area contributed by atoms with E-state index in [2.05, 4.69) is 72.8 Å². The van der Waals surface area contributed by atoms with E-state index in [4.69, 9.17) is 0 Å². The molecule has 0 radical (unpaired) electrons. The zero-order valence-electron chi connectivity index (χ0n) is 34.0. The second-order valence-corrected chi connectivity index (χ2v) is 17.9. The van der Waals surface area contributed by atoms with Gasteiger partial charge >= 0.3 is 0 Å². The quantitative estimate of drug-likeness (QED) is 0.0860. The molecule has 9 aromatic rings. The molecule has 0 saturated heterocycles. The Morgan fingerprint density at radius 1 is 0.274 bits per heavy atom. The first-order valence-electron chi connectivity index (χ1n) is 20.8. The molecule has 0 spiro atoms. The van der Waals surface area contributed by atoms with Gasteiger partial charge in [0.05, 0.1) is 10.8 Å². The molecule has 0 atom stereocenters. The lowest BCUT2D eigenvalue weighted by atomic mass is 9.64. The molecule has 0 aliphatic carbocycles. The summed E-state index contributed by atoms with van der Waals surface area (Å²) in [5.74, 6) is 0. The van der Waals surface area contributed by atoms with Crippen LogP contribution in [-0.2, 0) is 15.4 Å². The minimum absolute atomic E-state index is 0.175. The second-order valence-electron chi connectivity index (χ2n) is 15.3. The highest BCUT2D eigenvalue weighted by atomic mass is 31.2. The van der Waals surface area contributed by atoms with E-state index in [1.807, 2.05) is 133 Å². The van der Waals surface area contributed by atoms with Crippen LogP contribution in [0.3, 0.4) is 0 Å². The van der Waals surface area contributed by atoms with Gasteiger partial charge in [-0.05, 0) is 44.5 Å². The van der Waals surface area contributed by atoms with Crippen molar-refractivity contribution in [3.05, 3.63) is 316 Å². The van der Waals surface area contributed by atoms with Crippen LogP contribution in [0.15, 0.2) is 261 Å². The Kier molecular flexibility index (Phi) is 11.1. The fraction of sp³-hybridized carbons (Fsp3) is 0.0345. The molecule has 4 heteroatoms. The van der Waals surface area contributed by atoms with Gasteiger partial charge in [-0.2, -0.15) is 0 Å². The molecule has 9 aromatic carbocycles. The van der Waals surface area contributed by atoms with Crippen molar-refractivity contribution < 1.29 is 14.2 Å². The van der Waals surface area contributed by atoms with E-state index in [1.165, 1.54) is 0 Å². The Morgan fingerprint density at radius 3 is 0.742 bits per heavy atom. The summed E-state index contributed by atoms with van der Waals surface area (Å²) >= 11 is 0. The molecule has 0 heterocycles. The molecular weight excluding hydrogens is 776 g/mol. The van der Waals surface area contributed by atoms with Crippen molar-refractivity contribution in [3.8, 4) is 0 Å². The van der Waals surface area contributed by atoms with E-state index >= 15 is 14.2 Å². The standard InChI is InChI=1S/C58H43O3P/c59-55(51-40-22-24-42-53(51)57(44-26-8-1-9-27-44,45-28-10-2-11-29-45)46-30-12-3-13-31-46)62(61,50-38-20-7-21-39-50)56(60)52-41-23-25-43-54(52)58(47-32-14-4-15-33-47,48-34-16-5-17-35-48)49-36-18-6-19-37-49/h1-43H. The molecule has 9 rings (SSSR count). The summed E-state index contributed by atoms with van der Waals surface area (Å²) in [6.45, 7) is 0. The zero-order chi connectivity index (χ0) is 42.4. The van der Waals surface area contributed by atoms with Crippen molar-refractivity contribution in [3.63, 3.8) is 0 Å². The van der Waals surface area contributed by atoms with Gasteiger partial charge in [0.2, 0.25) is 18.2 Å². The van der Waals surface area contributed by atoms with Crippen LogP contribution in [0.2, 0.25) is 0 Å². The van der Waals surface area contributed by atoms with Gasteiger partial charge in [-0.15, -0.1) is 0 Å². The van der Waals surface area contributed by atoms with Crippen LogP contribution >= 0.6 is 7.14 Å². The molecule has 0 amide bonds. The Morgan fingerprint density at radius 2 is 0.484 bits per heavy atom. The number of carbonyl (C=O) groups is 2. The summed E-state index contributed by atoms with van der Waals surface area (Å²) < 4.78 is 16.7. The molecule has 3 nitrogen and oxygen atoms in total. The maximum atomic E-state index is 16.7. The molecule has 0 aromatic heterocycles. The predicted octanol–water partition coefficient (Wildman–Crippen LogP) is 13.1. The zero-order valence-corrected chi connectivity index (χ0v) is 34.9. The van der Waals surface area contributed by atoms with Crippen molar-refractivity contribution in [1.82, 2.24) is 0 Å². The molecule has 0 saturated carbocycles. The van der Waals surface area contributed by atoms with E-state index in [0.717, 1.165) is 33.4 Å². The molecule has 0 N–H and O–H groups in total. The van der Waals surface area contributed by atoms with Gasteiger partial charge in [0.15, 0.2) is 0 Å². The molecule has 0 aliphatic rings. The van der Waals surface area contributed by atoms with Crippen LogP contribution < -0.4 is 5.30 Å². The summed E-state index contributed by atoms with van der Waals surface area (Å²) in [6.07, 6.45) is 0. The summed E-state index contributed by atoms with van der Waals surface area (Å²) in [6, 6.07) is 83.9. The van der Waals surface area contributed by atoms with E-state index in [1.54, 1.807) is 54.6 Å². The van der Waals surface area contributed by atoms with Crippen molar-refractivity contribution >= 4 is 23.5 Å². The fourth-order valence-electron chi connectivity index (χ4n) is 9.36. The third-order valence-corrected chi connectivity index (χ3v) is 14.7. The average Bonchev–Trinajstić information content (AvgIpc) is 3.36. The maximum absolute atomic E-state index is 16.7. The minimum Gasteiger partial charge on any atom is -0.302 e. The molecule has 0 bridgehead atoms. The smallest absolute Gasteiger partial charge is 0.248 e. The van der Waals surface area contributed by atoms with Crippen molar-refractivity contribution in [2.75, 3.05) is 0 Å². The van der Waals surface area contributed by atoms with Crippen LogP contribution in [0.25, 0.3) is 0 Å². The van der Waals surface area contributed by atoms with Gasteiger partial charge in [0.25, 0.3) is 0 Å². The number of hydrogen-bond acceptors (Lipinski definition) is 3. The molecule has 0 aliphatic heterocycles. The third-order valence-electron chi connectivity index (χ3n) is 12.1. The lowest BCUT2D eigenvalue weighted by Gasteiger charge is -2.39. The lowest BCUT2D eigenvalue weighted by molar-refractivity contribution is 0.103.